The summed E-state index contributed by atoms with van der Waals surface area (Å²) in [6, 6.07) is 3.81. The molecular weight excluding hydrogens is 316 g/mol. The molecule has 0 radical (unpaired) electrons. The van der Waals surface area contributed by atoms with Crippen LogP contribution in [0.15, 0.2) is 0 Å². The second kappa shape index (κ2) is 9.21. The van der Waals surface area contributed by atoms with Crippen LogP contribution < -0.4 is 0 Å². The van der Waals surface area contributed by atoms with Crippen molar-refractivity contribution in [1.29, 1.82) is 10.5 Å². The molecule has 8 nitrogen and oxygen atoms in total. The number of cyclic esters (lactones) is 2. The molecule has 0 saturated carbocycles. The molecule has 4 atom stereocenters. The summed E-state index contributed by atoms with van der Waals surface area (Å²) in [6.45, 7) is 1.64. The first-order valence-electron chi connectivity index (χ1n) is 7.99. The van der Waals surface area contributed by atoms with E-state index in [-0.39, 0.29) is 12.2 Å². The number of nitriles is 2. The van der Waals surface area contributed by atoms with Crippen LogP contribution in [-0.4, -0.2) is 50.6 Å². The predicted molar refractivity (Wildman–Crippen MR) is 78.1 cm³/mol. The van der Waals surface area contributed by atoms with Crippen molar-refractivity contribution in [1.82, 2.24) is 0 Å². The van der Waals surface area contributed by atoms with Gasteiger partial charge in [-0.1, -0.05) is 0 Å². The normalized spacial score (nSPS) is 28.9. The Morgan fingerprint density at radius 1 is 0.875 bits per heavy atom. The molecule has 0 N–H and O–H groups in total. The van der Waals surface area contributed by atoms with E-state index >= 15 is 0 Å². The summed E-state index contributed by atoms with van der Waals surface area (Å²) in [7, 11) is 0. The van der Waals surface area contributed by atoms with Crippen LogP contribution in [0.4, 0.5) is 0 Å². The van der Waals surface area contributed by atoms with Gasteiger partial charge in [0, 0.05) is 26.1 Å². The highest BCUT2D eigenvalue weighted by Crippen LogP contribution is 2.21. The minimum Gasteiger partial charge on any atom is -0.459 e. The van der Waals surface area contributed by atoms with Crippen molar-refractivity contribution >= 4 is 11.9 Å². The number of hydrogen-bond donors (Lipinski definition) is 0. The van der Waals surface area contributed by atoms with Crippen molar-refractivity contribution in [3.8, 4) is 12.1 Å². The van der Waals surface area contributed by atoms with E-state index in [1.54, 1.807) is 0 Å². The van der Waals surface area contributed by atoms with Crippen LogP contribution in [0.3, 0.4) is 0 Å². The van der Waals surface area contributed by atoms with Gasteiger partial charge in [0.05, 0.1) is 25.4 Å². The van der Waals surface area contributed by atoms with Crippen molar-refractivity contribution < 1.29 is 28.5 Å². The van der Waals surface area contributed by atoms with Gasteiger partial charge >= 0.3 is 11.9 Å². The minimum atomic E-state index is -0.669. The van der Waals surface area contributed by atoms with Gasteiger partial charge in [0.25, 0.3) is 0 Å². The van der Waals surface area contributed by atoms with Crippen LogP contribution in [0.5, 0.6) is 0 Å². The Hall–Kier alpha value is -2.16. The third kappa shape index (κ3) is 5.19. The predicted octanol–water partition coefficient (Wildman–Crippen LogP) is 0.710. The van der Waals surface area contributed by atoms with Crippen LogP contribution in [0.1, 0.15) is 25.7 Å². The van der Waals surface area contributed by atoms with Crippen molar-refractivity contribution in [3.63, 3.8) is 0 Å². The fourth-order valence-corrected chi connectivity index (χ4v) is 2.56. The number of carbonyl (C=O) groups is 2. The average molecular weight is 336 g/mol. The first-order chi connectivity index (χ1) is 11.6. The Balaban J connectivity index is 1.43. The van der Waals surface area contributed by atoms with Gasteiger partial charge in [0.2, 0.25) is 0 Å². The van der Waals surface area contributed by atoms with E-state index in [0.717, 1.165) is 12.8 Å². The van der Waals surface area contributed by atoms with E-state index in [0.29, 0.717) is 39.3 Å². The van der Waals surface area contributed by atoms with Crippen LogP contribution in [-0.2, 0) is 28.5 Å². The molecule has 24 heavy (non-hydrogen) atoms. The maximum Gasteiger partial charge on any atom is 0.323 e. The minimum absolute atomic E-state index is 0.304. The third-order valence-electron chi connectivity index (χ3n) is 3.88. The van der Waals surface area contributed by atoms with Gasteiger partial charge in [0.15, 0.2) is 0 Å². The molecule has 2 heterocycles. The first kappa shape index (κ1) is 18.2. The second-order valence-electron chi connectivity index (χ2n) is 5.81. The maximum absolute atomic E-state index is 11.2. The lowest BCUT2D eigenvalue weighted by Gasteiger charge is -2.11. The Bertz CT molecular complexity index is 490. The molecule has 2 saturated heterocycles. The molecule has 0 aliphatic carbocycles. The fraction of sp³-hybridized carbons (Fsp3) is 0.750. The summed E-state index contributed by atoms with van der Waals surface area (Å²) in [6.07, 6.45) is 1.69. The molecular formula is C16H20N2O6. The zero-order valence-electron chi connectivity index (χ0n) is 13.3. The summed E-state index contributed by atoms with van der Waals surface area (Å²) in [4.78, 5) is 22.5. The van der Waals surface area contributed by atoms with E-state index in [1.165, 1.54) is 0 Å². The largest absolute Gasteiger partial charge is 0.459 e. The molecule has 0 aromatic heterocycles. The summed E-state index contributed by atoms with van der Waals surface area (Å²) in [5.41, 5.74) is 0. The zero-order chi connectivity index (χ0) is 17.4. The number of unbranched alkanes of at least 4 members (excludes halogenated alkanes) is 1. The smallest absolute Gasteiger partial charge is 0.323 e. The maximum atomic E-state index is 11.2. The van der Waals surface area contributed by atoms with Crippen LogP contribution in [0, 0.1) is 34.5 Å². The third-order valence-corrected chi connectivity index (χ3v) is 3.88. The molecule has 0 bridgehead atoms. The van der Waals surface area contributed by atoms with Crippen molar-refractivity contribution in [2.75, 3.05) is 26.4 Å². The summed E-state index contributed by atoms with van der Waals surface area (Å²) in [5, 5.41) is 17.4. The van der Waals surface area contributed by atoms with Crippen molar-refractivity contribution in [2.45, 2.75) is 37.9 Å². The van der Waals surface area contributed by atoms with E-state index in [4.69, 9.17) is 29.5 Å². The van der Waals surface area contributed by atoms with E-state index in [9.17, 15) is 9.59 Å². The Labute approximate surface area is 140 Å². The summed E-state index contributed by atoms with van der Waals surface area (Å²) < 4.78 is 20.9. The quantitative estimate of drug-likeness (QED) is 0.446. The number of hydrogen-bond acceptors (Lipinski definition) is 8. The molecule has 0 aromatic carbocycles. The van der Waals surface area contributed by atoms with Crippen molar-refractivity contribution in [3.05, 3.63) is 0 Å². The number of ether oxygens (including phenoxy) is 4. The van der Waals surface area contributed by atoms with E-state index in [1.807, 2.05) is 12.1 Å². The highest BCUT2D eigenvalue weighted by Gasteiger charge is 2.35. The van der Waals surface area contributed by atoms with Gasteiger partial charge in [-0.25, -0.2) is 0 Å². The standard InChI is InChI=1S/C16H20N2O6/c17-7-11-5-13(23-15(11)19)9-21-3-1-2-4-22-10-14-6-12(8-18)16(20)24-14/h11-14H,1-6,9-10H2. The number of esters is 2. The lowest BCUT2D eigenvalue weighted by Crippen LogP contribution is -2.16. The molecule has 2 aliphatic rings. The Morgan fingerprint density at radius 3 is 1.62 bits per heavy atom. The van der Waals surface area contributed by atoms with E-state index in [2.05, 4.69) is 0 Å². The highest BCUT2D eigenvalue weighted by atomic mass is 16.6. The number of carbonyl (C=O) groups excluding carboxylic acids is 2. The molecule has 0 spiro atoms. The Kier molecular flexibility index (Phi) is 6.98. The fourth-order valence-electron chi connectivity index (χ4n) is 2.56. The van der Waals surface area contributed by atoms with Gasteiger partial charge < -0.3 is 18.9 Å². The SMILES string of the molecule is N#CC1CC(COCCCCOCC2CC(C#N)C(=O)O2)OC1=O. The van der Waals surface area contributed by atoms with Gasteiger partial charge in [-0.15, -0.1) is 0 Å². The monoisotopic (exact) mass is 336 g/mol. The van der Waals surface area contributed by atoms with Crippen LogP contribution >= 0.6 is 0 Å². The average Bonchev–Trinajstić information content (AvgIpc) is 3.11. The number of nitrogens with zero attached hydrogens (tertiary/aromatic N) is 2. The molecule has 4 unspecified atom stereocenters. The van der Waals surface area contributed by atoms with Crippen LogP contribution in [0.25, 0.3) is 0 Å². The molecule has 8 heteroatoms. The molecule has 2 rings (SSSR count). The lowest BCUT2D eigenvalue weighted by atomic mass is 10.1. The molecule has 2 aliphatic heterocycles. The highest BCUT2D eigenvalue weighted by molar-refractivity contribution is 5.77. The molecule has 130 valence electrons. The molecule has 0 aromatic rings. The summed E-state index contributed by atoms with van der Waals surface area (Å²) >= 11 is 0. The summed E-state index contributed by atoms with van der Waals surface area (Å²) in [5.74, 6) is -2.27. The molecule has 0 amide bonds. The van der Waals surface area contributed by atoms with Gasteiger partial charge in [0.1, 0.15) is 24.0 Å². The van der Waals surface area contributed by atoms with Crippen LogP contribution in [0.2, 0.25) is 0 Å². The van der Waals surface area contributed by atoms with Gasteiger partial charge in [-0.3, -0.25) is 9.59 Å². The topological polar surface area (TPSA) is 119 Å². The van der Waals surface area contributed by atoms with Crippen molar-refractivity contribution in [2.24, 2.45) is 11.8 Å². The van der Waals surface area contributed by atoms with Gasteiger partial charge in [-0.05, 0) is 12.8 Å². The van der Waals surface area contributed by atoms with Gasteiger partial charge in [-0.2, -0.15) is 10.5 Å². The zero-order valence-corrected chi connectivity index (χ0v) is 13.3. The lowest BCUT2D eigenvalue weighted by molar-refractivity contribution is -0.146. The first-order valence-corrected chi connectivity index (χ1v) is 7.99. The second-order valence-corrected chi connectivity index (χ2v) is 5.81. The number of rotatable bonds is 9. The Morgan fingerprint density at radius 2 is 1.29 bits per heavy atom. The molecule has 2 fully saturated rings. The van der Waals surface area contributed by atoms with E-state index < -0.39 is 23.8 Å².